The Morgan fingerprint density at radius 1 is 1.19 bits per heavy atom. The van der Waals surface area contributed by atoms with Gasteiger partial charge in [-0.3, -0.25) is 14.9 Å². The van der Waals surface area contributed by atoms with E-state index in [2.05, 4.69) is 0 Å². The van der Waals surface area contributed by atoms with Crippen LogP contribution in [0, 0.1) is 21.7 Å². The van der Waals surface area contributed by atoms with Gasteiger partial charge in [0, 0.05) is 12.1 Å². The van der Waals surface area contributed by atoms with Gasteiger partial charge >= 0.3 is 6.09 Å². The molecule has 8 nitrogen and oxygen atoms in total. The van der Waals surface area contributed by atoms with Crippen molar-refractivity contribution >= 4 is 17.7 Å². The summed E-state index contributed by atoms with van der Waals surface area (Å²) >= 11 is 0. The van der Waals surface area contributed by atoms with Crippen molar-refractivity contribution in [2.75, 3.05) is 13.2 Å². The first-order chi connectivity index (χ1) is 12.9. The summed E-state index contributed by atoms with van der Waals surface area (Å²) in [5, 5.41) is 10.6. The van der Waals surface area contributed by atoms with E-state index < -0.39 is 34.6 Å². The minimum atomic E-state index is -1.13. The minimum Gasteiger partial charge on any atom is -0.410 e. The number of hydrogen-bond acceptors (Lipinski definition) is 6. The van der Waals surface area contributed by atoms with Crippen LogP contribution in [0.15, 0.2) is 42.5 Å². The number of carbonyl (C=O) groups is 2. The van der Waals surface area contributed by atoms with Crippen molar-refractivity contribution in [3.63, 3.8) is 0 Å². The first-order valence-electron chi connectivity index (χ1n) is 7.68. The number of amides is 2. The van der Waals surface area contributed by atoms with Crippen LogP contribution in [0.2, 0.25) is 0 Å². The SMILES string of the molecule is O=C1COCC(c2ccc(F)c(F)c2)N1C(=O)Oc1ccc([N+](=O)[O-])cc1. The third kappa shape index (κ3) is 3.90. The van der Waals surface area contributed by atoms with Gasteiger partial charge in [-0.15, -0.1) is 0 Å². The molecule has 2 aromatic rings. The molecule has 1 unspecified atom stereocenters. The summed E-state index contributed by atoms with van der Waals surface area (Å²) in [4.78, 5) is 35.4. The topological polar surface area (TPSA) is 99.0 Å². The smallest absolute Gasteiger partial charge is 0.410 e. The fourth-order valence-corrected chi connectivity index (χ4v) is 2.56. The molecule has 0 aromatic heterocycles. The Morgan fingerprint density at radius 3 is 2.52 bits per heavy atom. The van der Waals surface area contributed by atoms with Crippen molar-refractivity contribution in [3.8, 4) is 5.75 Å². The zero-order chi connectivity index (χ0) is 19.6. The molecule has 1 heterocycles. The molecule has 2 amide bonds. The Kier molecular flexibility index (Phi) is 5.08. The van der Waals surface area contributed by atoms with Gasteiger partial charge in [-0.1, -0.05) is 6.07 Å². The summed E-state index contributed by atoms with van der Waals surface area (Å²) in [6.45, 7) is -0.498. The van der Waals surface area contributed by atoms with E-state index in [1.54, 1.807) is 0 Å². The molecule has 140 valence electrons. The van der Waals surface area contributed by atoms with E-state index in [-0.39, 0.29) is 30.2 Å². The van der Waals surface area contributed by atoms with Crippen LogP contribution < -0.4 is 4.74 Å². The lowest BCUT2D eigenvalue weighted by Crippen LogP contribution is -2.48. The van der Waals surface area contributed by atoms with Gasteiger partial charge in [0.15, 0.2) is 11.6 Å². The quantitative estimate of drug-likeness (QED) is 0.601. The lowest BCUT2D eigenvalue weighted by atomic mass is 10.0. The molecule has 0 saturated carbocycles. The minimum absolute atomic E-state index is 0.0195. The van der Waals surface area contributed by atoms with Gasteiger partial charge in [-0.05, 0) is 29.8 Å². The number of non-ortho nitro benzene ring substituents is 1. The molecule has 1 aliphatic heterocycles. The number of nitro groups is 1. The van der Waals surface area contributed by atoms with Crippen molar-refractivity contribution in [1.82, 2.24) is 4.90 Å². The zero-order valence-corrected chi connectivity index (χ0v) is 13.6. The first-order valence-corrected chi connectivity index (χ1v) is 7.68. The standard InChI is InChI=1S/C17H12F2N2O6/c18-13-6-1-10(7-14(13)19)15-8-26-9-16(22)20(15)17(23)27-12-4-2-11(3-5-12)21(24)25/h1-7,15H,8-9H2. The molecule has 1 aliphatic rings. The van der Waals surface area contributed by atoms with Crippen LogP contribution in [0.1, 0.15) is 11.6 Å². The average molecular weight is 378 g/mol. The maximum Gasteiger partial charge on any atom is 0.422 e. The molecule has 0 spiro atoms. The summed E-state index contributed by atoms with van der Waals surface area (Å²) in [5.41, 5.74) is -0.0421. The van der Waals surface area contributed by atoms with Crippen LogP contribution in [0.25, 0.3) is 0 Å². The molecule has 2 aromatic carbocycles. The summed E-state index contributed by atoms with van der Waals surface area (Å²) in [6, 6.07) is 6.65. The van der Waals surface area contributed by atoms with Crippen LogP contribution >= 0.6 is 0 Å². The van der Waals surface area contributed by atoms with Gasteiger partial charge in [0.05, 0.1) is 17.6 Å². The van der Waals surface area contributed by atoms with E-state index in [0.717, 1.165) is 29.2 Å². The van der Waals surface area contributed by atoms with E-state index >= 15 is 0 Å². The number of rotatable bonds is 3. The first kappa shape index (κ1) is 18.4. The highest BCUT2D eigenvalue weighted by Gasteiger charge is 2.36. The van der Waals surface area contributed by atoms with Crippen molar-refractivity contribution < 1.29 is 32.8 Å². The maximum absolute atomic E-state index is 13.5. The molecular formula is C17H12F2N2O6. The Hall–Kier alpha value is -3.40. The lowest BCUT2D eigenvalue weighted by molar-refractivity contribution is -0.384. The third-order valence-corrected chi connectivity index (χ3v) is 3.86. The third-order valence-electron chi connectivity index (χ3n) is 3.86. The van der Waals surface area contributed by atoms with Crippen molar-refractivity contribution in [3.05, 3.63) is 69.8 Å². The van der Waals surface area contributed by atoms with Crippen molar-refractivity contribution in [2.24, 2.45) is 0 Å². The van der Waals surface area contributed by atoms with E-state index in [4.69, 9.17) is 9.47 Å². The van der Waals surface area contributed by atoms with Crippen LogP contribution in [-0.2, 0) is 9.53 Å². The van der Waals surface area contributed by atoms with Crippen LogP contribution in [-0.4, -0.2) is 35.0 Å². The Balaban J connectivity index is 1.83. The summed E-state index contributed by atoms with van der Waals surface area (Å²) < 4.78 is 36.9. The normalized spacial score (nSPS) is 16.9. The number of carbonyl (C=O) groups excluding carboxylic acids is 2. The monoisotopic (exact) mass is 378 g/mol. The summed E-state index contributed by atoms with van der Waals surface area (Å²) in [5.74, 6) is -2.94. The molecule has 10 heteroatoms. The van der Waals surface area contributed by atoms with Crippen molar-refractivity contribution in [2.45, 2.75) is 6.04 Å². The van der Waals surface area contributed by atoms with Crippen LogP contribution in [0.5, 0.6) is 5.75 Å². The number of hydrogen-bond donors (Lipinski definition) is 0. The van der Waals surface area contributed by atoms with Gasteiger partial charge in [-0.2, -0.15) is 0 Å². The molecule has 0 radical (unpaired) electrons. The molecule has 27 heavy (non-hydrogen) atoms. The summed E-state index contributed by atoms with van der Waals surface area (Å²) in [6.07, 6.45) is -1.06. The van der Waals surface area contributed by atoms with E-state index in [1.165, 1.54) is 18.2 Å². The Bertz CT molecular complexity index is 903. The Labute approximate surface area is 151 Å². The molecule has 0 aliphatic carbocycles. The molecule has 0 bridgehead atoms. The van der Waals surface area contributed by atoms with E-state index in [1.807, 2.05) is 0 Å². The van der Waals surface area contributed by atoms with Gasteiger partial charge in [0.2, 0.25) is 0 Å². The fraction of sp³-hybridized carbons (Fsp3) is 0.176. The highest BCUT2D eigenvalue weighted by molar-refractivity contribution is 5.94. The second kappa shape index (κ2) is 7.46. The van der Waals surface area contributed by atoms with Gasteiger partial charge < -0.3 is 9.47 Å². The number of nitro benzene ring substituents is 1. The molecule has 3 rings (SSSR count). The lowest BCUT2D eigenvalue weighted by Gasteiger charge is -2.33. The molecule has 0 N–H and O–H groups in total. The predicted molar refractivity (Wildman–Crippen MR) is 85.9 cm³/mol. The number of morpholine rings is 1. The molecular weight excluding hydrogens is 366 g/mol. The van der Waals surface area contributed by atoms with Gasteiger partial charge in [0.1, 0.15) is 12.4 Å². The van der Waals surface area contributed by atoms with Crippen LogP contribution in [0.4, 0.5) is 19.3 Å². The number of halogens is 2. The number of ether oxygens (including phenoxy) is 2. The van der Waals surface area contributed by atoms with Gasteiger partial charge in [0.25, 0.3) is 11.6 Å². The molecule has 1 saturated heterocycles. The van der Waals surface area contributed by atoms with E-state index in [9.17, 15) is 28.5 Å². The van der Waals surface area contributed by atoms with E-state index in [0.29, 0.717) is 0 Å². The fourth-order valence-electron chi connectivity index (χ4n) is 2.56. The number of nitrogens with zero attached hydrogens (tertiary/aromatic N) is 2. The van der Waals surface area contributed by atoms with Crippen LogP contribution in [0.3, 0.4) is 0 Å². The second-order valence-corrected chi connectivity index (χ2v) is 5.59. The Morgan fingerprint density at radius 2 is 1.89 bits per heavy atom. The molecule has 1 atom stereocenters. The number of imide groups is 1. The highest BCUT2D eigenvalue weighted by atomic mass is 19.2. The maximum atomic E-state index is 13.5. The number of benzene rings is 2. The summed E-state index contributed by atoms with van der Waals surface area (Å²) in [7, 11) is 0. The van der Waals surface area contributed by atoms with Crippen molar-refractivity contribution in [1.29, 1.82) is 0 Å². The predicted octanol–water partition coefficient (Wildman–Crippen LogP) is 2.97. The highest BCUT2D eigenvalue weighted by Crippen LogP contribution is 2.28. The zero-order valence-electron chi connectivity index (χ0n) is 13.6. The van der Waals surface area contributed by atoms with Gasteiger partial charge in [-0.25, -0.2) is 18.5 Å². The average Bonchev–Trinajstić information content (AvgIpc) is 2.64. The second-order valence-electron chi connectivity index (χ2n) is 5.59. The molecule has 1 fully saturated rings. The largest absolute Gasteiger partial charge is 0.422 e.